The second-order valence-corrected chi connectivity index (χ2v) is 17.6. The summed E-state index contributed by atoms with van der Waals surface area (Å²) in [6, 6.07) is 0. The van der Waals surface area contributed by atoms with E-state index >= 15 is 0 Å². The number of carbonyl (C=O) groups is 1. The molecule has 1 N–H and O–H groups in total. The molecule has 2 aliphatic carbocycles. The Balaban J connectivity index is 2.03. The summed E-state index contributed by atoms with van der Waals surface area (Å²) in [5.74, 6) is 2.52. The maximum Gasteiger partial charge on any atom is 0.331 e. The van der Waals surface area contributed by atoms with Crippen LogP contribution in [-0.2, 0) is 18.7 Å². The lowest BCUT2D eigenvalue weighted by Crippen LogP contribution is -2.45. The molecule has 5 nitrogen and oxygen atoms in total. The van der Waals surface area contributed by atoms with Gasteiger partial charge in [0.05, 0.1) is 19.3 Å². The number of hydrogen-bond acceptors (Lipinski definition) is 5. The van der Waals surface area contributed by atoms with Crippen molar-refractivity contribution in [2.75, 3.05) is 20.3 Å². The predicted octanol–water partition coefficient (Wildman–Crippen LogP) is 6.75. The third-order valence-electron chi connectivity index (χ3n) is 8.93. The fraction of sp³-hybridized carbons (Fsp3) is 0.897. The fourth-order valence-corrected chi connectivity index (χ4v) is 7.18. The molecule has 0 heterocycles. The van der Waals surface area contributed by atoms with Gasteiger partial charge in [0.25, 0.3) is 0 Å². The number of unbranched alkanes of at least 4 members (excludes halogenated alkanes) is 1. The lowest BCUT2D eigenvalue weighted by Gasteiger charge is -2.40. The van der Waals surface area contributed by atoms with Gasteiger partial charge < -0.3 is 19.0 Å². The van der Waals surface area contributed by atoms with Crippen LogP contribution in [0.2, 0.25) is 18.1 Å². The van der Waals surface area contributed by atoms with Gasteiger partial charge in [0, 0.05) is 12.5 Å². The van der Waals surface area contributed by atoms with Gasteiger partial charge in [0.1, 0.15) is 6.61 Å². The van der Waals surface area contributed by atoms with Gasteiger partial charge >= 0.3 is 5.97 Å². The minimum atomic E-state index is -1.87. The zero-order valence-corrected chi connectivity index (χ0v) is 24.8. The van der Waals surface area contributed by atoms with Gasteiger partial charge in [-0.25, -0.2) is 4.79 Å². The van der Waals surface area contributed by atoms with Gasteiger partial charge in [0.15, 0.2) is 8.32 Å². The SMILES string of the molecule is CCCC[C@H](C)C[14C@@H](O)/C=C/[C@@H]1[C@H]2C[C@H](CCOCC(=O)OC)C[C@H]2C[C@H]1O[Si](C)(C)C(C)(C)C. The second-order valence-electron chi connectivity index (χ2n) is 12.8. The van der Waals surface area contributed by atoms with Gasteiger partial charge in [-0.05, 0) is 73.9 Å². The largest absolute Gasteiger partial charge is 0.467 e. The molecule has 0 amide bonds. The summed E-state index contributed by atoms with van der Waals surface area (Å²) >= 11 is 0. The predicted molar refractivity (Wildman–Crippen MR) is 146 cm³/mol. The smallest absolute Gasteiger partial charge is 0.331 e. The number of aliphatic hydroxyl groups is 1. The first-order valence-electron chi connectivity index (χ1n) is 14.1. The lowest BCUT2D eigenvalue weighted by molar-refractivity contribution is -0.146. The summed E-state index contributed by atoms with van der Waals surface area (Å²) in [4.78, 5) is 11.3. The maximum atomic E-state index is 11.3. The highest BCUT2D eigenvalue weighted by atomic mass is 28.4. The Kier molecular flexibility index (Phi) is 12.0. The van der Waals surface area contributed by atoms with E-state index in [9.17, 15) is 9.90 Å². The summed E-state index contributed by atoms with van der Waals surface area (Å²) in [5.41, 5.74) is 0. The molecule has 2 rings (SSSR count). The van der Waals surface area contributed by atoms with E-state index in [1.165, 1.54) is 39.2 Å². The fourth-order valence-electron chi connectivity index (χ4n) is 5.82. The first kappa shape index (κ1) is 30.5. The van der Waals surface area contributed by atoms with Crippen molar-refractivity contribution in [2.24, 2.45) is 29.6 Å². The second kappa shape index (κ2) is 13.7. The van der Waals surface area contributed by atoms with Gasteiger partial charge in [-0.3, -0.25) is 0 Å². The average Bonchev–Trinajstić information content (AvgIpc) is 3.29. The Morgan fingerprint density at radius 3 is 2.57 bits per heavy atom. The Hall–Kier alpha value is -0.693. The molecule has 0 radical (unpaired) electrons. The number of methoxy groups -OCH3 is 1. The van der Waals surface area contributed by atoms with E-state index in [2.05, 4.69) is 64.6 Å². The summed E-state index contributed by atoms with van der Waals surface area (Å²) in [5, 5.41) is 10.9. The number of ether oxygens (including phenoxy) is 2. The molecule has 6 heteroatoms. The van der Waals surface area contributed by atoms with Gasteiger partial charge in [-0.1, -0.05) is 66.0 Å². The van der Waals surface area contributed by atoms with Crippen LogP contribution in [-0.4, -0.2) is 51.9 Å². The monoisotopic (exact) mass is 512 g/mol. The van der Waals surface area contributed by atoms with Crippen LogP contribution in [0.5, 0.6) is 0 Å². The molecule has 0 spiro atoms. The van der Waals surface area contributed by atoms with Crippen molar-refractivity contribution in [3.05, 3.63) is 12.2 Å². The van der Waals surface area contributed by atoms with Crippen LogP contribution in [0.1, 0.15) is 86.0 Å². The van der Waals surface area contributed by atoms with Gasteiger partial charge in [0.2, 0.25) is 0 Å². The van der Waals surface area contributed by atoms with Crippen molar-refractivity contribution >= 4 is 14.3 Å². The summed E-state index contributed by atoms with van der Waals surface area (Å²) in [6.45, 7) is 16.8. The third-order valence-corrected chi connectivity index (χ3v) is 13.4. The van der Waals surface area contributed by atoms with Crippen molar-refractivity contribution in [3.63, 3.8) is 0 Å². The molecule has 2 saturated carbocycles. The number of aliphatic hydroxyl groups excluding tert-OH is 1. The van der Waals surface area contributed by atoms with Crippen LogP contribution >= 0.6 is 0 Å². The molecule has 0 aromatic heterocycles. The minimum Gasteiger partial charge on any atom is -0.467 e. The highest BCUT2D eigenvalue weighted by Gasteiger charge is 2.50. The molecule has 2 fully saturated rings. The number of fused-ring (bicyclic) bond motifs is 1. The average molecular weight is 513 g/mol. The standard InChI is InChI=1S/C29H54O5Si/c1-9-10-11-21(2)16-24(30)12-13-25-26-18-22(14-15-33-20-28(31)32-6)17-23(26)19-27(25)34-35(7,8)29(3,4)5/h12-13,21-27,30H,9-11,14-20H2,1-8H3/b13-12+/t21-,22+,23-,24-,25+,26-,27+/m0/s1/i24+2. The molecule has 2 aliphatic rings. The third kappa shape index (κ3) is 9.28. The molecule has 0 unspecified atom stereocenters. The number of rotatable bonds is 14. The molecule has 0 aliphatic heterocycles. The molecular weight excluding hydrogens is 458 g/mol. The molecule has 35 heavy (non-hydrogen) atoms. The van der Waals surface area contributed by atoms with E-state index in [4.69, 9.17) is 9.16 Å². The van der Waals surface area contributed by atoms with E-state index < -0.39 is 8.32 Å². The molecule has 0 aromatic rings. The number of carbonyl (C=O) groups excluding carboxylic acids is 1. The highest BCUT2D eigenvalue weighted by Crippen LogP contribution is 2.53. The van der Waals surface area contributed by atoms with Gasteiger partial charge in [-0.15, -0.1) is 0 Å². The van der Waals surface area contributed by atoms with Crippen LogP contribution < -0.4 is 0 Å². The molecule has 204 valence electrons. The molecule has 0 bridgehead atoms. The quantitative estimate of drug-likeness (QED) is 0.121. The van der Waals surface area contributed by atoms with E-state index in [-0.39, 0.29) is 29.8 Å². The van der Waals surface area contributed by atoms with Crippen molar-refractivity contribution in [3.8, 4) is 0 Å². The number of esters is 1. The maximum absolute atomic E-state index is 11.3. The van der Waals surface area contributed by atoms with E-state index in [0.717, 1.165) is 19.3 Å². The van der Waals surface area contributed by atoms with Crippen molar-refractivity contribution < 1.29 is 23.8 Å². The molecule has 0 aromatic carbocycles. The molecular formula is C29H54O5Si. The van der Waals surface area contributed by atoms with Crippen LogP contribution in [0.3, 0.4) is 0 Å². The first-order valence-corrected chi connectivity index (χ1v) is 17.0. The Morgan fingerprint density at radius 2 is 1.94 bits per heavy atom. The summed E-state index contributed by atoms with van der Waals surface area (Å²) in [6.07, 6.45) is 13.2. The summed E-state index contributed by atoms with van der Waals surface area (Å²) < 4.78 is 17.2. The zero-order chi connectivity index (χ0) is 26.2. The molecule has 0 saturated heterocycles. The van der Waals surface area contributed by atoms with E-state index in [1.807, 2.05) is 0 Å². The van der Waals surface area contributed by atoms with Crippen molar-refractivity contribution in [1.29, 1.82) is 0 Å². The van der Waals surface area contributed by atoms with Crippen LogP contribution in [0, 0.1) is 29.6 Å². The van der Waals surface area contributed by atoms with Crippen LogP contribution in [0.4, 0.5) is 0 Å². The van der Waals surface area contributed by atoms with E-state index in [1.54, 1.807) is 0 Å². The Bertz CT molecular complexity index is 670. The van der Waals surface area contributed by atoms with E-state index in [0.29, 0.717) is 36.2 Å². The zero-order valence-electron chi connectivity index (χ0n) is 23.8. The van der Waals surface area contributed by atoms with Crippen LogP contribution in [0.25, 0.3) is 0 Å². The summed E-state index contributed by atoms with van der Waals surface area (Å²) in [7, 11) is -0.483. The Morgan fingerprint density at radius 1 is 1.23 bits per heavy atom. The van der Waals surface area contributed by atoms with Gasteiger partial charge in [-0.2, -0.15) is 0 Å². The minimum absolute atomic E-state index is 0.0401. The Labute approximate surface area is 216 Å². The van der Waals surface area contributed by atoms with Crippen molar-refractivity contribution in [2.45, 2.75) is 116 Å². The first-order chi connectivity index (χ1) is 16.4. The topological polar surface area (TPSA) is 65.0 Å². The normalized spacial score (nSPS) is 28.9. The van der Waals surface area contributed by atoms with Crippen LogP contribution in [0.15, 0.2) is 12.2 Å². The number of hydrogen-bond donors (Lipinski definition) is 1. The lowest BCUT2D eigenvalue weighted by atomic mass is 9.90. The molecule has 7 atom stereocenters. The van der Waals surface area contributed by atoms with Crippen molar-refractivity contribution in [1.82, 2.24) is 0 Å². The highest BCUT2D eigenvalue weighted by molar-refractivity contribution is 6.74.